The highest BCUT2D eigenvalue weighted by Crippen LogP contribution is 2.42. The lowest BCUT2D eigenvalue weighted by Gasteiger charge is -2.30. The fourth-order valence-electron chi connectivity index (χ4n) is 6.86. The maximum Gasteiger partial charge on any atom is 0.0655 e. The number of anilines is 5. The molecule has 0 saturated carbocycles. The lowest BCUT2D eigenvalue weighted by molar-refractivity contribution is 1.09. The SMILES string of the molecule is Cc1cccc(N(N=Cc2ccc(C=Cc3ccc(N(c4c(C)cc(C)cc4C)c4cccc5ccccc45)cc3)cc2)c2cccc(C)c2)c1. The molecule has 3 heteroatoms. The Balaban J connectivity index is 1.13. The molecule has 3 nitrogen and oxygen atoms in total. The third-order valence-electron chi connectivity index (χ3n) is 9.24. The van der Waals surface area contributed by atoms with E-state index < -0.39 is 0 Å². The maximum atomic E-state index is 4.92. The molecule has 0 aliphatic heterocycles. The van der Waals surface area contributed by atoms with Crippen molar-refractivity contribution >= 4 is 57.6 Å². The lowest BCUT2D eigenvalue weighted by atomic mass is 10.0. The molecule has 7 aromatic rings. The van der Waals surface area contributed by atoms with Gasteiger partial charge in [0, 0.05) is 11.1 Å². The molecule has 0 spiro atoms. The summed E-state index contributed by atoms with van der Waals surface area (Å²) in [5, 5.41) is 9.39. The average molecular weight is 662 g/mol. The minimum Gasteiger partial charge on any atom is -0.309 e. The van der Waals surface area contributed by atoms with Crippen LogP contribution < -0.4 is 9.91 Å². The number of aryl methyl sites for hydroxylation is 5. The summed E-state index contributed by atoms with van der Waals surface area (Å²) in [5.74, 6) is 0. The molecule has 0 aromatic heterocycles. The molecule has 7 aromatic carbocycles. The maximum absolute atomic E-state index is 4.92. The van der Waals surface area contributed by atoms with Crippen LogP contribution in [0.4, 0.5) is 28.4 Å². The molecule has 7 rings (SSSR count). The molecule has 250 valence electrons. The van der Waals surface area contributed by atoms with Gasteiger partial charge in [-0.2, -0.15) is 5.10 Å². The third-order valence-corrected chi connectivity index (χ3v) is 9.24. The third kappa shape index (κ3) is 7.54. The van der Waals surface area contributed by atoms with Crippen LogP contribution in [0, 0.1) is 34.6 Å². The first-order valence-corrected chi connectivity index (χ1v) is 17.5. The second-order valence-corrected chi connectivity index (χ2v) is 13.4. The van der Waals surface area contributed by atoms with Gasteiger partial charge in [0.25, 0.3) is 0 Å². The van der Waals surface area contributed by atoms with Gasteiger partial charge in [-0.25, -0.2) is 5.01 Å². The van der Waals surface area contributed by atoms with E-state index in [0.29, 0.717) is 0 Å². The van der Waals surface area contributed by atoms with E-state index in [4.69, 9.17) is 5.10 Å². The molecule has 0 heterocycles. The first-order chi connectivity index (χ1) is 24.8. The standard InChI is InChI=1S/C48H43N3/c1-34-11-8-15-44(31-34)51(45-16-9-12-35(2)32-45)49-33-41-23-21-39(22-24-41)19-20-40-25-27-43(28-26-40)50(48-37(4)29-36(3)30-38(48)5)47-18-10-14-42-13-6-7-17-46(42)47/h6-33H,1-5H3. The van der Waals surface area contributed by atoms with Crippen molar-refractivity contribution in [1.29, 1.82) is 0 Å². The van der Waals surface area contributed by atoms with Crippen molar-refractivity contribution in [2.75, 3.05) is 9.91 Å². The molecule has 0 atom stereocenters. The molecule has 0 N–H and O–H groups in total. The summed E-state index contributed by atoms with van der Waals surface area (Å²) in [4.78, 5) is 2.42. The Bertz CT molecular complexity index is 2290. The van der Waals surface area contributed by atoms with Crippen LogP contribution >= 0.6 is 0 Å². The summed E-state index contributed by atoms with van der Waals surface area (Å²) in [7, 11) is 0. The van der Waals surface area contributed by atoms with Crippen LogP contribution in [-0.2, 0) is 0 Å². The van der Waals surface area contributed by atoms with E-state index in [9.17, 15) is 0 Å². The number of hydrazone groups is 1. The smallest absolute Gasteiger partial charge is 0.0655 e. The highest BCUT2D eigenvalue weighted by Gasteiger charge is 2.19. The van der Waals surface area contributed by atoms with Crippen LogP contribution in [-0.4, -0.2) is 6.21 Å². The van der Waals surface area contributed by atoms with Crippen LogP contribution in [0.5, 0.6) is 0 Å². The van der Waals surface area contributed by atoms with Gasteiger partial charge in [-0.1, -0.05) is 127 Å². The van der Waals surface area contributed by atoms with Crippen molar-refractivity contribution in [1.82, 2.24) is 0 Å². The van der Waals surface area contributed by atoms with E-state index in [1.54, 1.807) is 0 Å². The van der Waals surface area contributed by atoms with E-state index in [0.717, 1.165) is 33.8 Å². The second kappa shape index (κ2) is 14.7. The summed E-state index contributed by atoms with van der Waals surface area (Å²) in [5.41, 5.74) is 15.1. The van der Waals surface area contributed by atoms with Crippen LogP contribution in [0.25, 0.3) is 22.9 Å². The van der Waals surface area contributed by atoms with E-state index in [-0.39, 0.29) is 0 Å². The Morgan fingerprint density at radius 3 is 1.59 bits per heavy atom. The fourth-order valence-corrected chi connectivity index (χ4v) is 6.86. The number of hydrogen-bond donors (Lipinski definition) is 0. The van der Waals surface area contributed by atoms with E-state index in [2.05, 4.69) is 203 Å². The van der Waals surface area contributed by atoms with Gasteiger partial charge < -0.3 is 4.90 Å². The van der Waals surface area contributed by atoms with Gasteiger partial charge in [0.2, 0.25) is 0 Å². The zero-order valence-corrected chi connectivity index (χ0v) is 30.0. The summed E-state index contributed by atoms with van der Waals surface area (Å²) < 4.78 is 0. The van der Waals surface area contributed by atoms with E-state index in [1.807, 2.05) is 11.2 Å². The van der Waals surface area contributed by atoms with Crippen LogP contribution in [0.3, 0.4) is 0 Å². The molecule has 0 unspecified atom stereocenters. The highest BCUT2D eigenvalue weighted by atomic mass is 15.5. The summed E-state index contributed by atoms with van der Waals surface area (Å²) in [6, 6.07) is 54.0. The summed E-state index contributed by atoms with van der Waals surface area (Å²) >= 11 is 0. The first kappa shape index (κ1) is 33.3. The van der Waals surface area contributed by atoms with Crippen molar-refractivity contribution in [3.8, 4) is 0 Å². The van der Waals surface area contributed by atoms with Crippen molar-refractivity contribution in [3.05, 3.63) is 196 Å². The number of hydrogen-bond acceptors (Lipinski definition) is 3. The largest absolute Gasteiger partial charge is 0.309 e. The van der Waals surface area contributed by atoms with Crippen molar-refractivity contribution in [2.45, 2.75) is 34.6 Å². The van der Waals surface area contributed by atoms with Crippen LogP contribution in [0.2, 0.25) is 0 Å². The Morgan fingerprint density at radius 1 is 0.451 bits per heavy atom. The van der Waals surface area contributed by atoms with Gasteiger partial charge in [-0.3, -0.25) is 0 Å². The predicted molar refractivity (Wildman–Crippen MR) is 220 cm³/mol. The number of fused-ring (bicyclic) bond motifs is 1. The molecular formula is C48H43N3. The molecule has 0 amide bonds. The van der Waals surface area contributed by atoms with Gasteiger partial charge >= 0.3 is 0 Å². The molecule has 0 fully saturated rings. The first-order valence-electron chi connectivity index (χ1n) is 17.5. The molecular weight excluding hydrogens is 619 g/mol. The normalized spacial score (nSPS) is 11.5. The van der Waals surface area contributed by atoms with Gasteiger partial charge in [0.15, 0.2) is 0 Å². The molecule has 0 saturated heterocycles. The van der Waals surface area contributed by atoms with Gasteiger partial charge in [0.1, 0.15) is 0 Å². The zero-order chi connectivity index (χ0) is 35.3. The monoisotopic (exact) mass is 661 g/mol. The molecule has 51 heavy (non-hydrogen) atoms. The van der Waals surface area contributed by atoms with Gasteiger partial charge in [0.05, 0.1) is 29.0 Å². The molecule has 0 radical (unpaired) electrons. The molecule has 0 aliphatic carbocycles. The zero-order valence-electron chi connectivity index (χ0n) is 30.0. The lowest BCUT2D eigenvalue weighted by Crippen LogP contribution is -2.13. The minimum atomic E-state index is 1.03. The fraction of sp³-hybridized carbons (Fsp3) is 0.104. The van der Waals surface area contributed by atoms with Crippen LogP contribution in [0.1, 0.15) is 44.5 Å². The van der Waals surface area contributed by atoms with Crippen molar-refractivity contribution in [2.24, 2.45) is 5.10 Å². The van der Waals surface area contributed by atoms with E-state index in [1.165, 1.54) is 50.0 Å². The molecule has 0 aliphatic rings. The number of benzene rings is 7. The Hall–Kier alpha value is -6.19. The second-order valence-electron chi connectivity index (χ2n) is 13.4. The van der Waals surface area contributed by atoms with Gasteiger partial charge in [-0.05, 0) is 121 Å². The topological polar surface area (TPSA) is 18.8 Å². The highest BCUT2D eigenvalue weighted by molar-refractivity contribution is 5.99. The summed E-state index contributed by atoms with van der Waals surface area (Å²) in [6.45, 7) is 10.8. The average Bonchev–Trinajstić information content (AvgIpc) is 3.13. The quantitative estimate of drug-likeness (QED) is 0.0871. The summed E-state index contributed by atoms with van der Waals surface area (Å²) in [6.07, 6.45) is 6.27. The molecule has 0 bridgehead atoms. The van der Waals surface area contributed by atoms with Crippen molar-refractivity contribution < 1.29 is 0 Å². The van der Waals surface area contributed by atoms with E-state index >= 15 is 0 Å². The van der Waals surface area contributed by atoms with Crippen molar-refractivity contribution in [3.63, 3.8) is 0 Å². The Morgan fingerprint density at radius 2 is 0.980 bits per heavy atom. The van der Waals surface area contributed by atoms with Crippen LogP contribution in [0.15, 0.2) is 157 Å². The number of nitrogens with zero attached hydrogens (tertiary/aromatic N) is 3. The number of rotatable bonds is 9. The minimum absolute atomic E-state index is 1.03. The van der Waals surface area contributed by atoms with Gasteiger partial charge in [-0.15, -0.1) is 0 Å². The Labute approximate surface area is 302 Å². The predicted octanol–water partition coefficient (Wildman–Crippen LogP) is 13.2. The Kier molecular flexibility index (Phi) is 9.63.